The Balaban J connectivity index is 1.51. The SMILES string of the molecule is CCNCc1cc(CN(C)CC2CC3CCC2C3)oc1C. The average molecular weight is 290 g/mol. The lowest BCUT2D eigenvalue weighted by Gasteiger charge is -2.26. The summed E-state index contributed by atoms with van der Waals surface area (Å²) in [5.74, 6) is 5.18. The van der Waals surface area contributed by atoms with E-state index in [0.717, 1.165) is 48.9 Å². The Bertz CT molecular complexity index is 468. The van der Waals surface area contributed by atoms with Gasteiger partial charge in [-0.3, -0.25) is 4.90 Å². The first-order valence-corrected chi connectivity index (χ1v) is 8.63. The smallest absolute Gasteiger partial charge is 0.118 e. The van der Waals surface area contributed by atoms with E-state index < -0.39 is 0 Å². The maximum atomic E-state index is 5.93. The van der Waals surface area contributed by atoms with Gasteiger partial charge in [-0.05, 0) is 63.6 Å². The normalized spacial score (nSPS) is 27.9. The van der Waals surface area contributed by atoms with Crippen molar-refractivity contribution in [2.24, 2.45) is 17.8 Å². The lowest BCUT2D eigenvalue weighted by Crippen LogP contribution is -2.28. The van der Waals surface area contributed by atoms with Gasteiger partial charge in [0.1, 0.15) is 11.5 Å². The van der Waals surface area contributed by atoms with Crippen LogP contribution in [0.2, 0.25) is 0 Å². The van der Waals surface area contributed by atoms with Crippen molar-refractivity contribution in [1.29, 1.82) is 0 Å². The van der Waals surface area contributed by atoms with E-state index in [1.54, 1.807) is 0 Å². The number of hydrogen-bond acceptors (Lipinski definition) is 3. The van der Waals surface area contributed by atoms with Gasteiger partial charge in [0.25, 0.3) is 0 Å². The van der Waals surface area contributed by atoms with E-state index in [0.29, 0.717) is 0 Å². The summed E-state index contributed by atoms with van der Waals surface area (Å²) in [4.78, 5) is 2.46. The van der Waals surface area contributed by atoms with Crippen LogP contribution in [0, 0.1) is 24.7 Å². The van der Waals surface area contributed by atoms with Crippen LogP contribution < -0.4 is 5.32 Å². The molecule has 0 aromatic carbocycles. The van der Waals surface area contributed by atoms with Crippen LogP contribution in [0.3, 0.4) is 0 Å². The lowest BCUT2D eigenvalue weighted by atomic mass is 9.88. The molecule has 3 atom stereocenters. The molecule has 1 N–H and O–H groups in total. The third-order valence-corrected chi connectivity index (χ3v) is 5.49. The Labute approximate surface area is 129 Å². The van der Waals surface area contributed by atoms with E-state index in [-0.39, 0.29) is 0 Å². The standard InChI is InChI=1S/C18H30N2O/c1-4-19-10-16-9-18(21-13(16)2)12-20(3)11-17-8-14-5-6-15(17)7-14/h9,14-15,17,19H,4-8,10-12H2,1-3H3. The van der Waals surface area contributed by atoms with Gasteiger partial charge in [0.2, 0.25) is 0 Å². The first kappa shape index (κ1) is 15.1. The van der Waals surface area contributed by atoms with Gasteiger partial charge in [-0.2, -0.15) is 0 Å². The van der Waals surface area contributed by atoms with E-state index in [1.165, 1.54) is 37.8 Å². The zero-order valence-electron chi connectivity index (χ0n) is 13.8. The summed E-state index contributed by atoms with van der Waals surface area (Å²) in [5.41, 5.74) is 1.31. The first-order valence-electron chi connectivity index (χ1n) is 8.63. The highest BCUT2D eigenvalue weighted by Crippen LogP contribution is 2.48. The van der Waals surface area contributed by atoms with E-state index in [1.807, 2.05) is 0 Å². The second-order valence-electron chi connectivity index (χ2n) is 7.21. The van der Waals surface area contributed by atoms with E-state index in [4.69, 9.17) is 4.42 Å². The summed E-state index contributed by atoms with van der Waals surface area (Å²) >= 11 is 0. The Morgan fingerprint density at radius 2 is 2.19 bits per heavy atom. The number of nitrogens with one attached hydrogen (secondary N) is 1. The van der Waals surface area contributed by atoms with Crippen LogP contribution in [-0.4, -0.2) is 25.0 Å². The minimum Gasteiger partial charge on any atom is -0.465 e. The van der Waals surface area contributed by atoms with Gasteiger partial charge in [-0.1, -0.05) is 13.3 Å². The summed E-state index contributed by atoms with van der Waals surface area (Å²) in [5, 5.41) is 3.38. The quantitative estimate of drug-likeness (QED) is 0.832. The number of fused-ring (bicyclic) bond motifs is 2. The molecular formula is C18H30N2O. The molecule has 118 valence electrons. The number of hydrogen-bond donors (Lipinski definition) is 1. The largest absolute Gasteiger partial charge is 0.465 e. The van der Waals surface area contributed by atoms with Crippen LogP contribution in [0.1, 0.15) is 49.7 Å². The summed E-state index contributed by atoms with van der Waals surface area (Å²) in [7, 11) is 2.24. The minimum absolute atomic E-state index is 0.919. The van der Waals surface area contributed by atoms with Crippen molar-refractivity contribution in [3.8, 4) is 0 Å². The minimum atomic E-state index is 0.919. The van der Waals surface area contributed by atoms with Crippen LogP contribution in [0.15, 0.2) is 10.5 Å². The second-order valence-corrected chi connectivity index (χ2v) is 7.21. The highest BCUT2D eigenvalue weighted by Gasteiger charge is 2.39. The molecule has 1 aromatic rings. The number of aryl methyl sites for hydroxylation is 1. The molecular weight excluding hydrogens is 260 g/mol. The second kappa shape index (κ2) is 6.53. The topological polar surface area (TPSA) is 28.4 Å². The number of rotatable bonds is 7. The molecule has 1 aromatic heterocycles. The van der Waals surface area contributed by atoms with Crippen LogP contribution in [0.25, 0.3) is 0 Å². The van der Waals surface area contributed by atoms with E-state index in [9.17, 15) is 0 Å². The first-order chi connectivity index (χ1) is 10.2. The Morgan fingerprint density at radius 1 is 1.33 bits per heavy atom. The average Bonchev–Trinajstić information content (AvgIpc) is 3.12. The van der Waals surface area contributed by atoms with Gasteiger partial charge in [0, 0.05) is 18.7 Å². The molecule has 0 aliphatic heterocycles. The van der Waals surface area contributed by atoms with Gasteiger partial charge in [0.15, 0.2) is 0 Å². The zero-order chi connectivity index (χ0) is 14.8. The molecule has 21 heavy (non-hydrogen) atoms. The van der Waals surface area contributed by atoms with Crippen LogP contribution in [0.5, 0.6) is 0 Å². The fourth-order valence-corrected chi connectivity index (χ4v) is 4.43. The summed E-state index contributed by atoms with van der Waals surface area (Å²) in [6.07, 6.45) is 5.95. The number of nitrogens with zero attached hydrogens (tertiary/aromatic N) is 1. The third-order valence-electron chi connectivity index (χ3n) is 5.49. The summed E-state index contributed by atoms with van der Waals surface area (Å²) in [6, 6.07) is 2.23. The summed E-state index contributed by atoms with van der Waals surface area (Å²) < 4.78 is 5.93. The highest BCUT2D eigenvalue weighted by atomic mass is 16.3. The molecule has 1 heterocycles. The van der Waals surface area contributed by atoms with Crippen molar-refractivity contribution in [3.63, 3.8) is 0 Å². The maximum absolute atomic E-state index is 5.93. The molecule has 2 aliphatic rings. The molecule has 0 spiro atoms. The van der Waals surface area contributed by atoms with Gasteiger partial charge >= 0.3 is 0 Å². The van der Waals surface area contributed by atoms with E-state index in [2.05, 4.69) is 37.2 Å². The third kappa shape index (κ3) is 3.51. The van der Waals surface area contributed by atoms with Gasteiger partial charge in [0.05, 0.1) is 6.54 Å². The van der Waals surface area contributed by atoms with Crippen molar-refractivity contribution < 1.29 is 4.42 Å². The molecule has 3 unspecified atom stereocenters. The van der Waals surface area contributed by atoms with Crippen molar-refractivity contribution in [1.82, 2.24) is 10.2 Å². The van der Waals surface area contributed by atoms with Crippen LogP contribution in [0.4, 0.5) is 0 Å². The lowest BCUT2D eigenvalue weighted by molar-refractivity contribution is 0.203. The Morgan fingerprint density at radius 3 is 2.86 bits per heavy atom. The highest BCUT2D eigenvalue weighted by molar-refractivity contribution is 5.20. The molecule has 2 aliphatic carbocycles. The van der Waals surface area contributed by atoms with Gasteiger partial charge < -0.3 is 9.73 Å². The monoisotopic (exact) mass is 290 g/mol. The van der Waals surface area contributed by atoms with Crippen molar-refractivity contribution in [2.75, 3.05) is 20.1 Å². The molecule has 3 nitrogen and oxygen atoms in total. The molecule has 0 radical (unpaired) electrons. The maximum Gasteiger partial charge on any atom is 0.118 e. The fraction of sp³-hybridized carbons (Fsp3) is 0.778. The molecule has 3 heteroatoms. The Kier molecular flexibility index (Phi) is 4.70. The summed E-state index contributed by atoms with van der Waals surface area (Å²) in [6.45, 7) is 8.32. The zero-order valence-corrected chi connectivity index (χ0v) is 13.8. The van der Waals surface area contributed by atoms with Crippen molar-refractivity contribution in [2.45, 2.75) is 52.6 Å². The molecule has 0 amide bonds. The van der Waals surface area contributed by atoms with Crippen LogP contribution in [-0.2, 0) is 13.1 Å². The molecule has 2 fully saturated rings. The fourth-order valence-electron chi connectivity index (χ4n) is 4.43. The van der Waals surface area contributed by atoms with Crippen molar-refractivity contribution in [3.05, 3.63) is 23.2 Å². The predicted octanol–water partition coefficient (Wildman–Crippen LogP) is 3.57. The number of furan rings is 1. The molecule has 0 saturated heterocycles. The Hall–Kier alpha value is -0.800. The molecule has 2 saturated carbocycles. The molecule has 3 rings (SSSR count). The van der Waals surface area contributed by atoms with Gasteiger partial charge in [-0.15, -0.1) is 0 Å². The van der Waals surface area contributed by atoms with Crippen molar-refractivity contribution >= 4 is 0 Å². The predicted molar refractivity (Wildman–Crippen MR) is 86.1 cm³/mol. The van der Waals surface area contributed by atoms with E-state index >= 15 is 0 Å². The van der Waals surface area contributed by atoms with Crippen LogP contribution >= 0.6 is 0 Å². The van der Waals surface area contributed by atoms with Gasteiger partial charge in [-0.25, -0.2) is 0 Å². The molecule has 2 bridgehead atoms.